The third kappa shape index (κ3) is 20.6. The summed E-state index contributed by atoms with van der Waals surface area (Å²) in [7, 11) is 12.5. The number of halogens is 5. The fourth-order valence-electron chi connectivity index (χ4n) is 13.9. The van der Waals surface area contributed by atoms with Gasteiger partial charge in [-0.15, -0.1) is 0 Å². The maximum absolute atomic E-state index is 15.7. The van der Waals surface area contributed by atoms with Gasteiger partial charge in [0, 0.05) is 87.8 Å². The van der Waals surface area contributed by atoms with Crippen molar-refractivity contribution < 1.29 is 70.7 Å². The van der Waals surface area contributed by atoms with E-state index in [0.717, 1.165) is 32.4 Å². The normalized spacial score (nSPS) is 24.8. The zero-order valence-electron chi connectivity index (χ0n) is 63.7. The minimum atomic E-state index is -4.80. The molecule has 1 aliphatic carbocycles. The molecule has 3 aliphatic rings. The van der Waals surface area contributed by atoms with Crippen LogP contribution >= 0.6 is 23.2 Å². The lowest BCUT2D eigenvalue weighted by Gasteiger charge is -2.45. The van der Waals surface area contributed by atoms with Crippen LogP contribution in [-0.2, 0) is 83.0 Å². The summed E-state index contributed by atoms with van der Waals surface area (Å²) in [6, 6.07) is 4.73. The summed E-state index contributed by atoms with van der Waals surface area (Å²) in [5.74, 6) is -10.1. The van der Waals surface area contributed by atoms with Crippen molar-refractivity contribution in [2.45, 2.75) is 205 Å². The second-order valence-corrected chi connectivity index (χ2v) is 30.3. The molecule has 0 radical (unpaired) electrons. The topological polar surface area (TPSA) is 270 Å². The van der Waals surface area contributed by atoms with Gasteiger partial charge in [-0.05, 0) is 105 Å². The predicted molar refractivity (Wildman–Crippen MR) is 392 cm³/mol. The molecule has 3 aromatic carbocycles. The van der Waals surface area contributed by atoms with E-state index >= 15 is 24.0 Å². The van der Waals surface area contributed by atoms with E-state index in [1.54, 1.807) is 57.2 Å². The van der Waals surface area contributed by atoms with Gasteiger partial charge in [0.1, 0.15) is 59.9 Å². The summed E-state index contributed by atoms with van der Waals surface area (Å²) in [6.45, 7) is 13.5. The van der Waals surface area contributed by atoms with Gasteiger partial charge in [0.2, 0.25) is 70.9 Å². The monoisotopic (exact) mass is 1510 g/mol. The van der Waals surface area contributed by atoms with Crippen LogP contribution in [0.2, 0.25) is 10.0 Å². The first-order valence-corrected chi connectivity index (χ1v) is 36.8. The van der Waals surface area contributed by atoms with Gasteiger partial charge in [0.25, 0.3) is 0 Å². The molecule has 0 bridgehead atoms. The molecule has 3 fully saturated rings. The van der Waals surface area contributed by atoms with Crippen LogP contribution in [0.1, 0.15) is 140 Å². The van der Waals surface area contributed by atoms with Crippen molar-refractivity contribution >= 4 is 94.1 Å². The van der Waals surface area contributed by atoms with Crippen LogP contribution in [-0.4, -0.2) is 251 Å². The highest BCUT2D eigenvalue weighted by molar-refractivity contribution is 6.31. The molecule has 2 heterocycles. The van der Waals surface area contributed by atoms with Gasteiger partial charge in [-0.25, -0.2) is 0 Å². The first-order valence-electron chi connectivity index (χ1n) is 36.1. The Labute approximate surface area is 625 Å². The molecule has 24 nitrogen and oxygen atoms in total. The smallest absolute Gasteiger partial charge is 0.347 e. The lowest BCUT2D eigenvalue weighted by molar-refractivity contribution is -0.160. The zero-order chi connectivity index (χ0) is 78.6. The molecular weight excluding hydrogens is 1400 g/mol. The summed E-state index contributed by atoms with van der Waals surface area (Å²) in [5.41, 5.74) is -0.670. The number of rotatable bonds is 14. The summed E-state index contributed by atoms with van der Waals surface area (Å²) in [4.78, 5) is 192. The molecule has 0 aromatic heterocycles. The third-order valence-electron chi connectivity index (χ3n) is 21.4. The lowest BCUT2D eigenvalue weighted by Crippen LogP contribution is -2.65. The summed E-state index contributed by atoms with van der Waals surface area (Å²) < 4.78 is 42.0. The van der Waals surface area contributed by atoms with Gasteiger partial charge in [-0.3, -0.25) is 57.5 Å². The average molecular weight is 1510 g/mol. The van der Waals surface area contributed by atoms with E-state index in [4.69, 9.17) is 23.2 Å². The number of fused-ring (bicyclic) bond motifs is 1. The first kappa shape index (κ1) is 85.6. The van der Waals surface area contributed by atoms with E-state index in [9.17, 15) is 46.7 Å². The predicted octanol–water partition coefficient (Wildman–Crippen LogP) is 6.81. The van der Waals surface area contributed by atoms with E-state index in [1.807, 2.05) is 39.8 Å². The molecule has 6 rings (SSSR count). The highest BCUT2D eigenvalue weighted by atomic mass is 35.5. The maximum Gasteiger partial charge on any atom is 0.417 e. The Kier molecular flexibility index (Phi) is 30.0. The van der Waals surface area contributed by atoms with Crippen molar-refractivity contribution in [1.82, 2.24) is 60.0 Å². The highest BCUT2D eigenvalue weighted by Crippen LogP contribution is 2.37. The number of aryl methyl sites for hydroxylation is 2. The van der Waals surface area contributed by atoms with Gasteiger partial charge in [-0.1, -0.05) is 145 Å². The second-order valence-electron chi connectivity index (χ2n) is 29.5. The number of carbonyl (C=O) groups is 12. The number of hydrogen-bond acceptors (Lipinski definition) is 12. The Morgan fingerprint density at radius 3 is 1.80 bits per heavy atom. The number of alkyl halides is 3. The molecule has 12 amide bonds. The molecule has 2 saturated heterocycles. The van der Waals surface area contributed by atoms with Crippen LogP contribution in [0.3, 0.4) is 0 Å². The quantitative estimate of drug-likeness (QED) is 0.150. The molecule has 1 saturated carbocycles. The van der Waals surface area contributed by atoms with Crippen LogP contribution in [0.25, 0.3) is 0 Å². The molecule has 3 N–H and O–H groups in total. The zero-order valence-corrected chi connectivity index (χ0v) is 65.2. The largest absolute Gasteiger partial charge is 0.417 e. The van der Waals surface area contributed by atoms with Crippen molar-refractivity contribution in [2.75, 3.05) is 76.5 Å². The van der Waals surface area contributed by atoms with Crippen molar-refractivity contribution in [3.8, 4) is 0 Å². The fourth-order valence-corrected chi connectivity index (χ4v) is 14.5. The summed E-state index contributed by atoms with van der Waals surface area (Å²) in [5, 5.41) is 8.23. The van der Waals surface area contributed by atoms with Crippen molar-refractivity contribution in [1.29, 1.82) is 0 Å². The molecule has 11 atom stereocenters. The Balaban J connectivity index is 1.51. The lowest BCUT2D eigenvalue weighted by atomic mass is 9.90. The highest BCUT2D eigenvalue weighted by Gasteiger charge is 2.51. The second kappa shape index (κ2) is 36.8. The van der Waals surface area contributed by atoms with Crippen LogP contribution in [0.4, 0.5) is 13.2 Å². The molecule has 105 heavy (non-hydrogen) atoms. The van der Waals surface area contributed by atoms with Crippen LogP contribution in [0, 0.1) is 24.7 Å². The Morgan fingerprint density at radius 2 is 1.25 bits per heavy atom. The van der Waals surface area contributed by atoms with E-state index < -0.39 is 172 Å². The molecule has 29 heteroatoms. The number of amides is 12. The van der Waals surface area contributed by atoms with Crippen molar-refractivity contribution in [3.05, 3.63) is 105 Å². The number of nitrogens with zero attached hydrogens (tertiary/aromatic N) is 9. The molecule has 1 spiro atoms. The summed E-state index contributed by atoms with van der Waals surface area (Å²) >= 11 is 13.0. The SMILES string of the molecule is CC[C@H](C)[C@@H]1NC(=O)[C@H](CC(C)C)N(C)C(=O)C[C@@H](C(=O)N(C)C)N(C)C(=O)[C@H]([C@@H](C)CC)N(C)C(=O)C2(CCCC2)NC(=O)[C@H](Cc2ccccc2Cl)N(C)C(=O)[C@H](CCc2ccc(C(F)(F)F)c(Cl)c2)NC(=O)CN(C)C(=O)[C@H](Cc2ccc(C)cc2)N(C)C(=O)[C@@H]2CCN2C(=O)[C@H](C)N(C)C1=O. The number of nitrogens with one attached hydrogen (secondary N) is 3. The van der Waals surface area contributed by atoms with Crippen molar-refractivity contribution in [3.63, 3.8) is 0 Å². The van der Waals surface area contributed by atoms with E-state index in [2.05, 4.69) is 16.0 Å². The maximum atomic E-state index is 15.7. The molecule has 2 aliphatic heterocycles. The molecule has 0 unspecified atom stereocenters. The van der Waals surface area contributed by atoms with Crippen LogP contribution in [0.5, 0.6) is 0 Å². The van der Waals surface area contributed by atoms with Gasteiger partial charge in [-0.2, -0.15) is 13.2 Å². The first-order chi connectivity index (χ1) is 49.1. The number of likely N-dealkylation sites (N-methyl/N-ethyl adjacent to an activating group) is 8. The molecule has 3 aromatic rings. The van der Waals surface area contributed by atoms with Crippen LogP contribution in [0.15, 0.2) is 66.7 Å². The molecule has 578 valence electrons. The van der Waals surface area contributed by atoms with E-state index in [0.29, 0.717) is 36.8 Å². The van der Waals surface area contributed by atoms with Gasteiger partial charge >= 0.3 is 6.18 Å². The van der Waals surface area contributed by atoms with E-state index in [-0.39, 0.29) is 74.4 Å². The Bertz CT molecular complexity index is 3670. The third-order valence-corrected chi connectivity index (χ3v) is 22.1. The van der Waals surface area contributed by atoms with Gasteiger partial charge in [0.05, 0.1) is 23.6 Å². The summed E-state index contributed by atoms with van der Waals surface area (Å²) in [6.07, 6.45) is -4.30. The number of hydrogen-bond donors (Lipinski definition) is 3. The number of carbonyl (C=O) groups excluding carboxylic acids is 12. The Hall–Kier alpha value is -8.33. The van der Waals surface area contributed by atoms with E-state index in [1.165, 1.54) is 106 Å². The molecular formula is C76H107Cl2F3N12O12. The van der Waals surface area contributed by atoms with Crippen molar-refractivity contribution in [2.24, 2.45) is 17.8 Å². The van der Waals surface area contributed by atoms with Gasteiger partial charge in [0.15, 0.2) is 0 Å². The average Bonchev–Trinajstić information content (AvgIpc) is 1.73. The standard InChI is InChI=1S/C76H107Cl2F3N12O12/c1-18-46(6)63-72(103)87(12)48(8)67(98)93-37-34-56(93)71(102)90(15)59(40-50-28-26-45(5)27-29-50)70(101)86(11)43-61(94)82-55(33-31-49-30-32-52(54(78)39-49)76(79,80)81)68(99)89(14)58(41-51-24-20-21-25-53(51)77)66(97)84-75(35-22-23-36-75)74(105)92(17)64(47(7)19-2)73(104)91(16)60(69(100)85(9)10)42-62(95)88(13)57(38-44(3)4)65(96)83-63/h20-21,24-30,32,39,44,46-48,55-60,63-64H,18-19,22-23,31,33-38,40-43H2,1-17H3,(H,82,94)(H,83,96)(H,84,97)/t46-,47-,48-,55-,56-,57-,58-,59-,60-,63-,64-/m0/s1. The fraction of sp³-hybridized carbons (Fsp3) is 0.605. The van der Waals surface area contributed by atoms with Crippen LogP contribution < -0.4 is 16.0 Å². The number of benzene rings is 3. The minimum absolute atomic E-state index is 0.0700. The minimum Gasteiger partial charge on any atom is -0.347 e. The Morgan fingerprint density at radius 1 is 0.648 bits per heavy atom. The van der Waals surface area contributed by atoms with Gasteiger partial charge < -0.3 is 60.0 Å².